The third-order valence-corrected chi connectivity index (χ3v) is 6.91. The predicted molar refractivity (Wildman–Crippen MR) is 134 cm³/mol. The van der Waals surface area contributed by atoms with Crippen molar-refractivity contribution in [3.63, 3.8) is 0 Å². The van der Waals surface area contributed by atoms with Crippen LogP contribution in [0.2, 0.25) is 0 Å². The summed E-state index contributed by atoms with van der Waals surface area (Å²) in [6.07, 6.45) is 1.83. The van der Waals surface area contributed by atoms with E-state index in [1.807, 2.05) is 42.6 Å². The van der Waals surface area contributed by atoms with Gasteiger partial charge in [0.15, 0.2) is 11.6 Å². The molecule has 0 spiro atoms. The number of morpholine rings is 1. The molecule has 1 aliphatic rings. The zero-order chi connectivity index (χ0) is 22.2. The van der Waals surface area contributed by atoms with Crippen molar-refractivity contribution in [1.82, 2.24) is 20.2 Å². The average Bonchev–Trinajstić information content (AvgIpc) is 3.49. The van der Waals surface area contributed by atoms with E-state index < -0.39 is 0 Å². The van der Waals surface area contributed by atoms with Crippen LogP contribution in [0.5, 0.6) is 0 Å². The number of nitrogens with zero attached hydrogens (tertiary/aromatic N) is 4. The van der Waals surface area contributed by atoms with Crippen LogP contribution in [0.15, 0.2) is 54.7 Å². The van der Waals surface area contributed by atoms with Gasteiger partial charge >= 0.3 is 0 Å². The van der Waals surface area contributed by atoms with E-state index in [-0.39, 0.29) is 0 Å². The number of benzene rings is 2. The lowest BCUT2D eigenvalue weighted by atomic mass is 10.1. The number of anilines is 3. The molecule has 6 rings (SSSR count). The minimum absolute atomic E-state index is 0.694. The number of fused-ring (bicyclic) bond motifs is 2. The molecule has 1 saturated heterocycles. The van der Waals surface area contributed by atoms with Gasteiger partial charge in [0.2, 0.25) is 0 Å². The van der Waals surface area contributed by atoms with Crippen LogP contribution in [0, 0.1) is 0 Å². The maximum Gasteiger partial charge on any atom is 0.162 e. The lowest BCUT2D eigenvalue weighted by Crippen LogP contribution is -2.36. The fourth-order valence-corrected chi connectivity index (χ4v) is 5.21. The average molecular weight is 458 g/mol. The van der Waals surface area contributed by atoms with E-state index in [1.54, 1.807) is 11.3 Å². The first-order chi connectivity index (χ1) is 16.2. The molecule has 4 N–H and O–H groups in total. The zero-order valence-corrected chi connectivity index (χ0v) is 18.7. The Balaban J connectivity index is 1.42. The third-order valence-electron chi connectivity index (χ3n) is 5.79. The van der Waals surface area contributed by atoms with Gasteiger partial charge in [-0.3, -0.25) is 5.10 Å². The van der Waals surface area contributed by atoms with Crippen LogP contribution in [0.3, 0.4) is 0 Å². The minimum atomic E-state index is 0.694. The van der Waals surface area contributed by atoms with Crippen LogP contribution >= 0.6 is 11.3 Å². The molecule has 5 aromatic rings. The summed E-state index contributed by atoms with van der Waals surface area (Å²) in [4.78, 5) is 13.5. The third kappa shape index (κ3) is 3.85. The Kier molecular flexibility index (Phi) is 5.04. The van der Waals surface area contributed by atoms with Gasteiger partial charge in [0.25, 0.3) is 0 Å². The quantitative estimate of drug-likeness (QED) is 0.339. The van der Waals surface area contributed by atoms with E-state index in [9.17, 15) is 0 Å². The molecule has 4 heterocycles. The standard InChI is InChI=1S/C24H23N7OS/c25-15-3-1-4-16(11-15)26-13-17-12-21-22(33-17)24(31-7-9-32-10-8-31)29-23(28-21)18-5-2-6-20-19(18)14-27-30-20/h1-6,11-12,14,26H,7-10,13,25H2,(H,27,30). The number of aromatic nitrogens is 4. The first-order valence-corrected chi connectivity index (χ1v) is 11.7. The number of H-pyrrole nitrogens is 1. The van der Waals surface area contributed by atoms with E-state index in [2.05, 4.69) is 32.5 Å². The van der Waals surface area contributed by atoms with Gasteiger partial charge in [0.1, 0.15) is 0 Å². The second kappa shape index (κ2) is 8.34. The summed E-state index contributed by atoms with van der Waals surface area (Å²) in [5, 5.41) is 11.7. The second-order valence-corrected chi connectivity index (χ2v) is 9.15. The topological polar surface area (TPSA) is 105 Å². The minimum Gasteiger partial charge on any atom is -0.399 e. The Labute approximate surface area is 194 Å². The molecular weight excluding hydrogens is 434 g/mol. The lowest BCUT2D eigenvalue weighted by Gasteiger charge is -2.28. The Morgan fingerprint density at radius 1 is 1.09 bits per heavy atom. The summed E-state index contributed by atoms with van der Waals surface area (Å²) in [6.45, 7) is 3.73. The van der Waals surface area contributed by atoms with Crippen molar-refractivity contribution in [2.24, 2.45) is 0 Å². The molecule has 2 aromatic carbocycles. The van der Waals surface area contributed by atoms with Gasteiger partial charge in [0.05, 0.1) is 35.1 Å². The van der Waals surface area contributed by atoms with Gasteiger partial charge in [-0.15, -0.1) is 11.3 Å². The van der Waals surface area contributed by atoms with Gasteiger partial charge in [-0.25, -0.2) is 9.97 Å². The highest BCUT2D eigenvalue weighted by atomic mass is 32.1. The molecule has 8 nitrogen and oxygen atoms in total. The molecule has 0 saturated carbocycles. The number of hydrogen-bond acceptors (Lipinski definition) is 8. The molecular formula is C24H23N7OS. The summed E-state index contributed by atoms with van der Waals surface area (Å²) in [7, 11) is 0. The molecule has 0 unspecified atom stereocenters. The fourth-order valence-electron chi connectivity index (χ4n) is 4.16. The first kappa shape index (κ1) is 20.0. The Morgan fingerprint density at radius 3 is 2.85 bits per heavy atom. The van der Waals surface area contributed by atoms with Crippen molar-refractivity contribution >= 4 is 49.6 Å². The second-order valence-electron chi connectivity index (χ2n) is 8.01. The Bertz CT molecular complexity index is 1440. The maximum atomic E-state index is 5.92. The number of rotatable bonds is 5. The van der Waals surface area contributed by atoms with E-state index in [4.69, 9.17) is 20.4 Å². The van der Waals surface area contributed by atoms with E-state index in [0.29, 0.717) is 25.6 Å². The molecule has 0 amide bonds. The normalized spacial score (nSPS) is 14.2. The highest BCUT2D eigenvalue weighted by Gasteiger charge is 2.21. The van der Waals surface area contributed by atoms with Gasteiger partial charge in [0, 0.05) is 46.8 Å². The van der Waals surface area contributed by atoms with Crippen LogP contribution in [0.4, 0.5) is 17.2 Å². The van der Waals surface area contributed by atoms with Crippen molar-refractivity contribution in [1.29, 1.82) is 0 Å². The van der Waals surface area contributed by atoms with Gasteiger partial charge in [-0.2, -0.15) is 5.10 Å². The number of hydrogen-bond donors (Lipinski definition) is 3. The predicted octanol–water partition coefficient (Wildman–Crippen LogP) is 4.27. The number of nitrogen functional groups attached to an aromatic ring is 1. The molecule has 0 bridgehead atoms. The van der Waals surface area contributed by atoms with Gasteiger partial charge in [-0.05, 0) is 30.3 Å². The van der Waals surface area contributed by atoms with Crippen molar-refractivity contribution in [3.05, 3.63) is 59.6 Å². The number of ether oxygens (including phenoxy) is 1. The monoisotopic (exact) mass is 457 g/mol. The van der Waals surface area contributed by atoms with Crippen LogP contribution in [0.1, 0.15) is 4.88 Å². The molecule has 1 aliphatic heterocycles. The van der Waals surface area contributed by atoms with Gasteiger partial charge < -0.3 is 20.7 Å². The molecule has 3 aromatic heterocycles. The van der Waals surface area contributed by atoms with Crippen LogP contribution in [-0.4, -0.2) is 46.5 Å². The summed E-state index contributed by atoms with van der Waals surface area (Å²) in [5.41, 5.74) is 10.6. The van der Waals surface area contributed by atoms with E-state index in [0.717, 1.165) is 57.0 Å². The number of nitrogens with one attached hydrogen (secondary N) is 2. The van der Waals surface area contributed by atoms with Gasteiger partial charge in [-0.1, -0.05) is 18.2 Å². The first-order valence-electron chi connectivity index (χ1n) is 10.9. The molecule has 0 aliphatic carbocycles. The lowest BCUT2D eigenvalue weighted by molar-refractivity contribution is 0.122. The Morgan fingerprint density at radius 2 is 1.97 bits per heavy atom. The fraction of sp³-hybridized carbons (Fsp3) is 0.208. The van der Waals surface area contributed by atoms with Crippen molar-refractivity contribution in [3.8, 4) is 11.4 Å². The summed E-state index contributed by atoms with van der Waals surface area (Å²) in [5.74, 6) is 1.68. The molecule has 0 atom stereocenters. The van der Waals surface area contributed by atoms with Crippen molar-refractivity contribution in [2.75, 3.05) is 42.3 Å². The number of thiophene rings is 1. The summed E-state index contributed by atoms with van der Waals surface area (Å²) < 4.78 is 6.68. The zero-order valence-electron chi connectivity index (χ0n) is 17.9. The van der Waals surface area contributed by atoms with Crippen LogP contribution < -0.4 is 16.0 Å². The highest BCUT2D eigenvalue weighted by molar-refractivity contribution is 7.19. The Hall–Kier alpha value is -3.69. The smallest absolute Gasteiger partial charge is 0.162 e. The molecule has 166 valence electrons. The molecule has 1 fully saturated rings. The van der Waals surface area contributed by atoms with Crippen LogP contribution in [0.25, 0.3) is 32.5 Å². The van der Waals surface area contributed by atoms with E-state index in [1.165, 1.54) is 4.88 Å². The number of nitrogens with two attached hydrogens (primary N) is 1. The number of aromatic amines is 1. The van der Waals surface area contributed by atoms with E-state index >= 15 is 0 Å². The highest BCUT2D eigenvalue weighted by Crippen LogP contribution is 2.36. The van der Waals surface area contributed by atoms with Crippen molar-refractivity contribution in [2.45, 2.75) is 6.54 Å². The largest absolute Gasteiger partial charge is 0.399 e. The summed E-state index contributed by atoms with van der Waals surface area (Å²) >= 11 is 1.73. The molecule has 9 heteroatoms. The molecule has 33 heavy (non-hydrogen) atoms. The summed E-state index contributed by atoms with van der Waals surface area (Å²) in [6, 6.07) is 16.0. The van der Waals surface area contributed by atoms with Crippen LogP contribution in [-0.2, 0) is 11.3 Å². The van der Waals surface area contributed by atoms with Crippen molar-refractivity contribution < 1.29 is 4.74 Å². The molecule has 0 radical (unpaired) electrons. The maximum absolute atomic E-state index is 5.92. The SMILES string of the molecule is Nc1cccc(NCc2cc3nc(-c4cccc5[nH]ncc45)nc(N4CCOCC4)c3s2)c1.